The molecule has 0 aliphatic heterocycles. The van der Waals surface area contributed by atoms with Crippen LogP contribution >= 0.6 is 0 Å². The van der Waals surface area contributed by atoms with Gasteiger partial charge in [-0.05, 0) is 24.5 Å². The predicted molar refractivity (Wildman–Crippen MR) is 121 cm³/mol. The van der Waals surface area contributed by atoms with Gasteiger partial charge in [-0.15, -0.1) is 0 Å². The van der Waals surface area contributed by atoms with E-state index in [1.807, 2.05) is 42.6 Å². The van der Waals surface area contributed by atoms with Gasteiger partial charge in [0.1, 0.15) is 5.65 Å². The van der Waals surface area contributed by atoms with E-state index in [-0.39, 0.29) is 11.8 Å². The van der Waals surface area contributed by atoms with Crippen LogP contribution in [-0.2, 0) is 4.79 Å². The van der Waals surface area contributed by atoms with E-state index in [9.17, 15) is 4.79 Å². The third-order valence-electron chi connectivity index (χ3n) is 5.86. The molecule has 0 spiro atoms. The van der Waals surface area contributed by atoms with Crippen molar-refractivity contribution in [2.45, 2.75) is 51.4 Å². The summed E-state index contributed by atoms with van der Waals surface area (Å²) in [7, 11) is 0. The molecule has 1 saturated carbocycles. The van der Waals surface area contributed by atoms with Crippen LogP contribution in [0.5, 0.6) is 0 Å². The summed E-state index contributed by atoms with van der Waals surface area (Å²) in [4.78, 5) is 20.9. The van der Waals surface area contributed by atoms with Crippen LogP contribution in [0.3, 0.4) is 0 Å². The van der Waals surface area contributed by atoms with Gasteiger partial charge in [0.05, 0.1) is 11.9 Å². The molecular formula is C25H29N3O. The molecule has 4 heteroatoms. The Balaban J connectivity index is 1.65. The lowest BCUT2D eigenvalue weighted by molar-refractivity contribution is -0.120. The number of H-pyrrole nitrogens is 1. The highest BCUT2D eigenvalue weighted by Crippen LogP contribution is 2.33. The molecule has 1 amide bonds. The number of carbonyl (C=O) groups excluding carboxylic acids is 1. The number of aromatic nitrogens is 2. The van der Waals surface area contributed by atoms with E-state index in [0.29, 0.717) is 0 Å². The van der Waals surface area contributed by atoms with Gasteiger partial charge in [-0.3, -0.25) is 4.79 Å². The Labute approximate surface area is 172 Å². The number of anilines is 1. The summed E-state index contributed by atoms with van der Waals surface area (Å²) < 4.78 is 0. The monoisotopic (exact) mass is 387 g/mol. The number of carbonyl (C=O) groups is 1. The zero-order valence-electron chi connectivity index (χ0n) is 16.9. The lowest BCUT2D eigenvalue weighted by Crippen LogP contribution is -2.23. The zero-order valence-corrected chi connectivity index (χ0v) is 16.9. The normalized spacial score (nSPS) is 20.6. The van der Waals surface area contributed by atoms with E-state index in [1.54, 1.807) is 6.20 Å². The molecule has 0 bridgehead atoms. The summed E-state index contributed by atoms with van der Waals surface area (Å²) >= 11 is 0. The molecule has 2 aliphatic rings. The standard InChI is InChI=1S/C25H29N3O/c29-25(20-14-10-4-1-2-5-11-15-20)28-22-18-27-24-21(16-17-26-24)23(22)19-12-8-6-3-7-9-13-19/h3,6-9,12-13,16-18,20H,1-2,4-5,10-11,14-15H2,(H,26,27)(H,28,29)/b6-3-,7-3?,8-6?,9-7-,12-8?,13-9?,19-12?,19-13?. The molecule has 150 valence electrons. The van der Waals surface area contributed by atoms with Crippen LogP contribution < -0.4 is 5.32 Å². The molecule has 4 nitrogen and oxygen atoms in total. The third-order valence-corrected chi connectivity index (χ3v) is 5.86. The summed E-state index contributed by atoms with van der Waals surface area (Å²) in [5.41, 5.74) is 3.69. The predicted octanol–water partition coefficient (Wildman–Crippen LogP) is 6.32. The molecular weight excluding hydrogens is 358 g/mol. The molecule has 4 rings (SSSR count). The summed E-state index contributed by atoms with van der Waals surface area (Å²) in [5, 5.41) is 4.25. The molecule has 2 aliphatic carbocycles. The third kappa shape index (κ3) is 4.76. The van der Waals surface area contributed by atoms with E-state index in [0.717, 1.165) is 53.5 Å². The van der Waals surface area contributed by atoms with Crippen LogP contribution in [0.1, 0.15) is 56.9 Å². The largest absolute Gasteiger partial charge is 0.346 e. The molecule has 2 aromatic rings. The van der Waals surface area contributed by atoms with Crippen molar-refractivity contribution < 1.29 is 4.79 Å². The first-order valence-corrected chi connectivity index (χ1v) is 10.8. The fourth-order valence-electron chi connectivity index (χ4n) is 4.28. The summed E-state index contributed by atoms with van der Waals surface area (Å²) in [6, 6.07) is 2.03. The van der Waals surface area contributed by atoms with Crippen LogP contribution in [0.4, 0.5) is 5.69 Å². The first-order chi connectivity index (χ1) is 14.3. The molecule has 0 unspecified atom stereocenters. The number of hydrogen-bond acceptors (Lipinski definition) is 2. The Morgan fingerprint density at radius 1 is 0.966 bits per heavy atom. The van der Waals surface area contributed by atoms with Gasteiger partial charge in [-0.1, -0.05) is 81.1 Å². The van der Waals surface area contributed by atoms with E-state index >= 15 is 0 Å². The van der Waals surface area contributed by atoms with Gasteiger partial charge in [-0.25, -0.2) is 4.98 Å². The van der Waals surface area contributed by atoms with Crippen LogP contribution in [0.15, 0.2) is 61.0 Å². The highest BCUT2D eigenvalue weighted by Gasteiger charge is 2.21. The Morgan fingerprint density at radius 2 is 1.69 bits per heavy atom. The van der Waals surface area contributed by atoms with Crippen molar-refractivity contribution >= 4 is 28.2 Å². The first-order valence-electron chi connectivity index (χ1n) is 10.8. The highest BCUT2D eigenvalue weighted by molar-refractivity contribution is 6.03. The van der Waals surface area contributed by atoms with Crippen molar-refractivity contribution in [3.05, 3.63) is 66.6 Å². The van der Waals surface area contributed by atoms with Gasteiger partial charge in [0.25, 0.3) is 0 Å². The minimum absolute atomic E-state index is 0.0903. The second-order valence-electron chi connectivity index (χ2n) is 7.92. The van der Waals surface area contributed by atoms with Gasteiger partial charge >= 0.3 is 0 Å². The number of hydrogen-bond donors (Lipinski definition) is 2. The quantitative estimate of drug-likeness (QED) is 0.647. The van der Waals surface area contributed by atoms with Crippen LogP contribution in [0, 0.1) is 5.92 Å². The van der Waals surface area contributed by atoms with Gasteiger partial charge in [0.15, 0.2) is 0 Å². The molecule has 0 atom stereocenters. The van der Waals surface area contributed by atoms with E-state index in [2.05, 4.69) is 27.4 Å². The minimum atomic E-state index is 0.0903. The number of nitrogens with one attached hydrogen (secondary N) is 2. The maximum absolute atomic E-state index is 13.2. The SMILES string of the molecule is O=C(Nc1cnc2[nH]ccc2c1C1=C/C=C\C=C/C=C1)C1CCCCCCCC1. The number of rotatable bonds is 3. The first kappa shape index (κ1) is 19.4. The van der Waals surface area contributed by atoms with Crippen LogP contribution in [-0.4, -0.2) is 15.9 Å². The highest BCUT2D eigenvalue weighted by atomic mass is 16.1. The average Bonchev–Trinajstić information content (AvgIpc) is 3.21. The number of allylic oxidation sites excluding steroid dienone is 8. The number of amides is 1. The van der Waals surface area contributed by atoms with Gasteiger partial charge in [0.2, 0.25) is 5.91 Å². The van der Waals surface area contributed by atoms with Gasteiger partial charge in [-0.2, -0.15) is 0 Å². The fourth-order valence-corrected chi connectivity index (χ4v) is 4.28. The summed E-state index contributed by atoms with van der Waals surface area (Å²) in [6.45, 7) is 0. The maximum Gasteiger partial charge on any atom is 0.227 e. The second-order valence-corrected chi connectivity index (χ2v) is 7.92. The Kier molecular flexibility index (Phi) is 6.40. The number of pyridine rings is 1. The van der Waals surface area contributed by atoms with Crippen LogP contribution in [0.2, 0.25) is 0 Å². The van der Waals surface area contributed by atoms with Crippen molar-refractivity contribution in [2.24, 2.45) is 5.92 Å². The lowest BCUT2D eigenvalue weighted by atomic mass is 9.95. The molecule has 0 radical (unpaired) electrons. The molecule has 1 fully saturated rings. The van der Waals surface area contributed by atoms with Gasteiger partial charge < -0.3 is 10.3 Å². The summed E-state index contributed by atoms with van der Waals surface area (Å²) in [6.07, 6.45) is 27.3. The molecule has 0 saturated heterocycles. The Morgan fingerprint density at radius 3 is 2.52 bits per heavy atom. The average molecular weight is 388 g/mol. The van der Waals surface area contributed by atoms with E-state index in [1.165, 1.54) is 25.7 Å². The number of fused-ring (bicyclic) bond motifs is 1. The zero-order chi connectivity index (χ0) is 19.9. The van der Waals surface area contributed by atoms with Crippen molar-refractivity contribution in [3.8, 4) is 0 Å². The molecule has 0 aromatic carbocycles. The smallest absolute Gasteiger partial charge is 0.227 e. The molecule has 29 heavy (non-hydrogen) atoms. The number of aromatic amines is 1. The summed E-state index contributed by atoms with van der Waals surface area (Å²) in [5.74, 6) is 0.225. The number of nitrogens with zero attached hydrogens (tertiary/aromatic N) is 1. The fraction of sp³-hybridized carbons (Fsp3) is 0.360. The van der Waals surface area contributed by atoms with Crippen molar-refractivity contribution in [2.75, 3.05) is 5.32 Å². The minimum Gasteiger partial charge on any atom is -0.346 e. The second kappa shape index (κ2) is 9.55. The van der Waals surface area contributed by atoms with E-state index in [4.69, 9.17) is 0 Å². The lowest BCUT2D eigenvalue weighted by Gasteiger charge is -2.18. The Hall–Kier alpha value is -2.88. The maximum atomic E-state index is 13.2. The molecule has 2 aromatic heterocycles. The molecule has 2 N–H and O–H groups in total. The van der Waals surface area contributed by atoms with Crippen molar-refractivity contribution in [1.82, 2.24) is 9.97 Å². The van der Waals surface area contributed by atoms with E-state index < -0.39 is 0 Å². The molecule has 2 heterocycles. The van der Waals surface area contributed by atoms with Crippen molar-refractivity contribution in [1.29, 1.82) is 0 Å². The Bertz CT molecular complexity index is 967. The van der Waals surface area contributed by atoms with Gasteiger partial charge in [0, 0.05) is 23.1 Å². The topological polar surface area (TPSA) is 57.8 Å². The van der Waals surface area contributed by atoms with Crippen LogP contribution in [0.25, 0.3) is 16.6 Å². The van der Waals surface area contributed by atoms with Crippen molar-refractivity contribution in [3.63, 3.8) is 0 Å².